The van der Waals surface area contributed by atoms with Crippen LogP contribution in [0.2, 0.25) is 0 Å². The number of benzene rings is 1. The maximum atomic E-state index is 13.8. The van der Waals surface area contributed by atoms with Crippen molar-refractivity contribution in [3.63, 3.8) is 0 Å². The van der Waals surface area contributed by atoms with Gasteiger partial charge in [0.05, 0.1) is 6.61 Å². The number of carbonyl (C=O) groups excluding carboxylic acids is 2. The lowest BCUT2D eigenvalue weighted by Gasteiger charge is -2.38. The quantitative estimate of drug-likeness (QED) is 0.701. The molecule has 11 heteroatoms. The van der Waals surface area contributed by atoms with Crippen molar-refractivity contribution in [1.29, 1.82) is 0 Å². The second-order valence-corrected chi connectivity index (χ2v) is 7.89. The van der Waals surface area contributed by atoms with Gasteiger partial charge in [-0.3, -0.25) is 24.1 Å². The third-order valence-electron chi connectivity index (χ3n) is 5.60. The summed E-state index contributed by atoms with van der Waals surface area (Å²) in [6.07, 6.45) is 1.99. The number of hydrogen-bond donors (Lipinski definition) is 2. The molecule has 0 radical (unpaired) electrons. The van der Waals surface area contributed by atoms with Crippen molar-refractivity contribution in [3.8, 4) is 5.75 Å². The van der Waals surface area contributed by atoms with E-state index < -0.39 is 40.2 Å². The lowest BCUT2D eigenvalue weighted by atomic mass is 10.1. The van der Waals surface area contributed by atoms with Crippen LogP contribution >= 0.6 is 0 Å². The molecule has 2 N–H and O–H groups in total. The van der Waals surface area contributed by atoms with Gasteiger partial charge in [0, 0.05) is 50.5 Å². The molecule has 2 amide bonds. The van der Waals surface area contributed by atoms with Gasteiger partial charge in [-0.1, -0.05) is 6.07 Å². The number of hydrogen-bond acceptors (Lipinski definition) is 6. The topological polar surface area (TPSA) is 104 Å². The highest BCUT2D eigenvalue weighted by Crippen LogP contribution is 2.23. The zero-order chi connectivity index (χ0) is 23.0. The standard InChI is InChI=1S/C21H22F2N4O5/c1-25-11-26(8-12-4-5-32-10-12)21(31)17-19(29)18(28)15(9-27(17)25)20(30)24-7-13-2-3-14(22)6-16(13)23/h2-3,6,9,12,29H,4-5,7-8,10-11H2,1H3,(H,24,30). The van der Waals surface area contributed by atoms with E-state index in [0.29, 0.717) is 25.8 Å². The van der Waals surface area contributed by atoms with Gasteiger partial charge in [0.15, 0.2) is 11.4 Å². The number of amides is 2. The lowest BCUT2D eigenvalue weighted by molar-refractivity contribution is 0.0654. The van der Waals surface area contributed by atoms with Crippen molar-refractivity contribution in [2.24, 2.45) is 5.92 Å². The number of fused-ring (bicyclic) bond motifs is 1. The van der Waals surface area contributed by atoms with Crippen LogP contribution in [0.3, 0.4) is 0 Å². The van der Waals surface area contributed by atoms with Crippen LogP contribution in [0.1, 0.15) is 32.8 Å². The first-order valence-corrected chi connectivity index (χ1v) is 10.1. The average Bonchev–Trinajstić information content (AvgIpc) is 3.26. The van der Waals surface area contributed by atoms with Crippen LogP contribution in [0.5, 0.6) is 5.75 Å². The number of halogens is 2. The van der Waals surface area contributed by atoms with Crippen LogP contribution in [-0.4, -0.2) is 60.0 Å². The predicted molar refractivity (Wildman–Crippen MR) is 109 cm³/mol. The van der Waals surface area contributed by atoms with E-state index in [1.807, 2.05) is 0 Å². The zero-order valence-corrected chi connectivity index (χ0v) is 17.3. The molecule has 1 fully saturated rings. The smallest absolute Gasteiger partial charge is 0.277 e. The van der Waals surface area contributed by atoms with E-state index in [-0.39, 0.29) is 30.4 Å². The Morgan fingerprint density at radius 1 is 1.31 bits per heavy atom. The molecule has 1 atom stereocenters. The largest absolute Gasteiger partial charge is 0.502 e. The summed E-state index contributed by atoms with van der Waals surface area (Å²) >= 11 is 0. The first-order valence-electron chi connectivity index (χ1n) is 10.1. The zero-order valence-electron chi connectivity index (χ0n) is 17.3. The molecule has 2 aromatic rings. The minimum Gasteiger partial charge on any atom is -0.502 e. The molecule has 170 valence electrons. The molecule has 3 heterocycles. The van der Waals surface area contributed by atoms with Crippen LogP contribution in [0, 0.1) is 17.6 Å². The van der Waals surface area contributed by atoms with E-state index in [1.165, 1.54) is 21.8 Å². The highest BCUT2D eigenvalue weighted by molar-refractivity contribution is 5.99. The number of ether oxygens (including phenoxy) is 1. The van der Waals surface area contributed by atoms with Crippen LogP contribution < -0.4 is 15.8 Å². The third-order valence-corrected chi connectivity index (χ3v) is 5.60. The number of aromatic nitrogens is 1. The van der Waals surface area contributed by atoms with Crippen LogP contribution in [0.15, 0.2) is 29.2 Å². The summed E-state index contributed by atoms with van der Waals surface area (Å²) in [5.41, 5.74) is -1.63. The second kappa shape index (κ2) is 8.58. The van der Waals surface area contributed by atoms with Gasteiger partial charge in [0.25, 0.3) is 11.8 Å². The Morgan fingerprint density at radius 2 is 2.09 bits per heavy atom. The molecule has 4 rings (SSSR count). The van der Waals surface area contributed by atoms with Crippen LogP contribution in [-0.2, 0) is 11.3 Å². The summed E-state index contributed by atoms with van der Waals surface area (Å²) in [4.78, 5) is 39.7. The maximum absolute atomic E-state index is 13.8. The van der Waals surface area contributed by atoms with E-state index in [9.17, 15) is 28.3 Å². The Hall–Kier alpha value is -3.47. The lowest BCUT2D eigenvalue weighted by Crippen LogP contribution is -2.54. The van der Waals surface area contributed by atoms with Crippen molar-refractivity contribution in [3.05, 3.63) is 63.1 Å². The summed E-state index contributed by atoms with van der Waals surface area (Å²) < 4.78 is 33.4. The number of aromatic hydroxyl groups is 1. The predicted octanol–water partition coefficient (Wildman–Crippen LogP) is 0.780. The van der Waals surface area contributed by atoms with Gasteiger partial charge in [-0.15, -0.1) is 0 Å². The first-order chi connectivity index (χ1) is 15.3. The second-order valence-electron chi connectivity index (χ2n) is 7.89. The molecule has 1 aromatic heterocycles. The van der Waals surface area contributed by atoms with Crippen LogP contribution in [0.25, 0.3) is 0 Å². The van der Waals surface area contributed by atoms with E-state index >= 15 is 0 Å². The highest BCUT2D eigenvalue weighted by Gasteiger charge is 2.34. The summed E-state index contributed by atoms with van der Waals surface area (Å²) in [5.74, 6) is -3.65. The maximum Gasteiger partial charge on any atom is 0.277 e. The molecule has 1 unspecified atom stereocenters. The van der Waals surface area contributed by atoms with Gasteiger partial charge in [-0.25, -0.2) is 8.78 Å². The molecule has 2 aliphatic heterocycles. The van der Waals surface area contributed by atoms with Crippen LogP contribution in [0.4, 0.5) is 8.78 Å². The molecule has 0 bridgehead atoms. The summed E-state index contributed by atoms with van der Waals surface area (Å²) in [6.45, 7) is 1.48. The fraction of sp³-hybridized carbons (Fsp3) is 0.381. The molecule has 32 heavy (non-hydrogen) atoms. The first kappa shape index (κ1) is 21.8. The SMILES string of the molecule is CN1CN(CC2CCOC2)C(=O)c2c(O)c(=O)c(C(=O)NCc3ccc(F)cc3F)cn21. The van der Waals surface area contributed by atoms with Gasteiger partial charge >= 0.3 is 0 Å². The fourth-order valence-electron chi connectivity index (χ4n) is 3.86. The average molecular weight is 448 g/mol. The van der Waals surface area contributed by atoms with Crippen molar-refractivity contribution in [2.45, 2.75) is 13.0 Å². The van der Waals surface area contributed by atoms with Crippen molar-refractivity contribution < 1.29 is 28.2 Å². The highest BCUT2D eigenvalue weighted by atomic mass is 19.1. The van der Waals surface area contributed by atoms with E-state index in [0.717, 1.165) is 12.5 Å². The molecular formula is C21H22F2N4O5. The number of nitrogens with zero attached hydrogens (tertiary/aromatic N) is 3. The summed E-state index contributed by atoms with van der Waals surface area (Å²) in [6, 6.07) is 2.91. The Balaban J connectivity index is 1.57. The number of pyridine rings is 1. The summed E-state index contributed by atoms with van der Waals surface area (Å²) in [7, 11) is 1.65. The van der Waals surface area contributed by atoms with E-state index in [1.54, 1.807) is 12.1 Å². The van der Waals surface area contributed by atoms with Gasteiger partial charge in [-0.2, -0.15) is 0 Å². The number of nitrogens with one attached hydrogen (secondary N) is 1. The van der Waals surface area contributed by atoms with E-state index in [2.05, 4.69) is 5.32 Å². The monoisotopic (exact) mass is 448 g/mol. The fourth-order valence-corrected chi connectivity index (χ4v) is 3.86. The van der Waals surface area contributed by atoms with Gasteiger partial charge < -0.3 is 20.1 Å². The van der Waals surface area contributed by atoms with Crippen molar-refractivity contribution in [2.75, 3.05) is 38.5 Å². The Bertz CT molecular complexity index is 1130. The van der Waals surface area contributed by atoms with Gasteiger partial charge in [0.2, 0.25) is 5.43 Å². The van der Waals surface area contributed by atoms with Crippen molar-refractivity contribution >= 4 is 11.8 Å². The molecule has 0 aliphatic carbocycles. The summed E-state index contributed by atoms with van der Waals surface area (Å²) in [5, 5.41) is 14.5. The van der Waals surface area contributed by atoms with Gasteiger partial charge in [0.1, 0.15) is 23.9 Å². The Kier molecular flexibility index (Phi) is 5.83. The molecular weight excluding hydrogens is 426 g/mol. The molecule has 2 aliphatic rings. The molecule has 0 saturated carbocycles. The molecule has 9 nitrogen and oxygen atoms in total. The number of rotatable bonds is 5. The third kappa shape index (κ3) is 4.03. The minimum absolute atomic E-state index is 0.0286. The Morgan fingerprint density at radius 3 is 2.78 bits per heavy atom. The molecule has 1 saturated heterocycles. The van der Waals surface area contributed by atoms with E-state index in [4.69, 9.17) is 4.74 Å². The normalized spacial score (nSPS) is 18.1. The molecule has 1 aromatic carbocycles. The van der Waals surface area contributed by atoms with Gasteiger partial charge in [-0.05, 0) is 12.5 Å². The number of carbonyl (C=O) groups is 2. The Labute approximate surface area is 181 Å². The minimum atomic E-state index is -1.01. The molecule has 0 spiro atoms. The van der Waals surface area contributed by atoms with Crippen molar-refractivity contribution in [1.82, 2.24) is 14.9 Å².